The van der Waals surface area contributed by atoms with E-state index in [0.717, 1.165) is 6.07 Å². The van der Waals surface area contributed by atoms with Crippen molar-refractivity contribution in [2.24, 2.45) is 0 Å². The van der Waals surface area contributed by atoms with Crippen molar-refractivity contribution in [1.29, 1.82) is 0 Å². The Bertz CT molecular complexity index is 545. The van der Waals surface area contributed by atoms with E-state index in [0.29, 0.717) is 5.69 Å². The van der Waals surface area contributed by atoms with Crippen LogP contribution in [0, 0.1) is 12.7 Å². The molecule has 0 spiro atoms. The summed E-state index contributed by atoms with van der Waals surface area (Å²) < 4.78 is 18.0. The number of carbonyl (C=O) groups is 1. The number of aromatic nitrogens is 1. The van der Waals surface area contributed by atoms with Crippen LogP contribution in [0.15, 0.2) is 28.8 Å². The lowest BCUT2D eigenvalue weighted by molar-refractivity contribution is 0.0987. The highest BCUT2D eigenvalue weighted by Crippen LogP contribution is 2.26. The molecule has 0 bridgehead atoms. The molecule has 0 saturated carbocycles. The van der Waals surface area contributed by atoms with E-state index in [1.165, 1.54) is 18.2 Å². The van der Waals surface area contributed by atoms with Gasteiger partial charge < -0.3 is 14.9 Å². The van der Waals surface area contributed by atoms with E-state index >= 15 is 0 Å². The fourth-order valence-electron chi connectivity index (χ4n) is 1.28. The monoisotopic (exact) mass is 236 g/mol. The molecule has 0 atom stereocenters. The second kappa shape index (κ2) is 4.25. The highest BCUT2D eigenvalue weighted by Gasteiger charge is 2.16. The van der Waals surface area contributed by atoms with Gasteiger partial charge in [-0.15, -0.1) is 0 Å². The Labute approximate surface area is 95.9 Å². The quantitative estimate of drug-likeness (QED) is 0.783. The first kappa shape index (κ1) is 11.1. The van der Waals surface area contributed by atoms with Crippen LogP contribution in [-0.4, -0.2) is 16.2 Å². The fraction of sp³-hybridized carbons (Fsp3) is 0.0909. The van der Waals surface area contributed by atoms with Crippen molar-refractivity contribution in [2.45, 2.75) is 6.92 Å². The number of anilines is 1. The van der Waals surface area contributed by atoms with Crippen molar-refractivity contribution < 1.29 is 18.8 Å². The standard InChI is InChI=1S/C11H9FN2O3/c1-6-5-9(17-14-6)11(16)13-10-7(12)3-2-4-8(10)15/h2-5,15H,1H3,(H,13,16). The average molecular weight is 236 g/mol. The van der Waals surface area contributed by atoms with Crippen molar-refractivity contribution in [3.63, 3.8) is 0 Å². The van der Waals surface area contributed by atoms with E-state index in [4.69, 9.17) is 4.52 Å². The molecule has 2 aromatic rings. The van der Waals surface area contributed by atoms with Gasteiger partial charge in [-0.2, -0.15) is 0 Å². The van der Waals surface area contributed by atoms with E-state index in [2.05, 4.69) is 10.5 Å². The lowest BCUT2D eigenvalue weighted by Gasteiger charge is -2.05. The molecule has 1 aromatic carbocycles. The number of hydrogen-bond acceptors (Lipinski definition) is 4. The van der Waals surface area contributed by atoms with Gasteiger partial charge in [0.05, 0.1) is 5.69 Å². The maximum Gasteiger partial charge on any atom is 0.294 e. The molecule has 2 rings (SSSR count). The molecule has 5 nitrogen and oxygen atoms in total. The predicted molar refractivity (Wildman–Crippen MR) is 57.3 cm³/mol. The van der Waals surface area contributed by atoms with Crippen LogP contribution in [0.2, 0.25) is 0 Å². The van der Waals surface area contributed by atoms with Gasteiger partial charge in [0.15, 0.2) is 5.82 Å². The van der Waals surface area contributed by atoms with Gasteiger partial charge in [-0.05, 0) is 19.1 Å². The Kier molecular flexibility index (Phi) is 2.78. The molecule has 0 fully saturated rings. The second-order valence-corrected chi connectivity index (χ2v) is 3.42. The molecule has 1 heterocycles. The Balaban J connectivity index is 2.24. The number of phenolic OH excluding ortho intramolecular Hbond substituents is 1. The van der Waals surface area contributed by atoms with E-state index in [-0.39, 0.29) is 17.2 Å². The van der Waals surface area contributed by atoms with Crippen LogP contribution in [0.25, 0.3) is 0 Å². The molecule has 0 aliphatic rings. The highest BCUT2D eigenvalue weighted by atomic mass is 19.1. The third kappa shape index (κ3) is 2.25. The molecule has 0 aliphatic carbocycles. The van der Waals surface area contributed by atoms with Gasteiger partial charge in [0.1, 0.15) is 11.4 Å². The number of para-hydroxylation sites is 1. The van der Waals surface area contributed by atoms with Crippen molar-refractivity contribution in [2.75, 3.05) is 5.32 Å². The molecule has 0 aliphatic heterocycles. The number of amides is 1. The summed E-state index contributed by atoms with van der Waals surface area (Å²) in [5.41, 5.74) is 0.249. The zero-order chi connectivity index (χ0) is 12.4. The van der Waals surface area contributed by atoms with Gasteiger partial charge in [-0.3, -0.25) is 4.79 Å². The van der Waals surface area contributed by atoms with Crippen LogP contribution >= 0.6 is 0 Å². The minimum Gasteiger partial charge on any atom is -0.506 e. The summed E-state index contributed by atoms with van der Waals surface area (Å²) in [6.45, 7) is 1.65. The minimum absolute atomic E-state index is 0.0508. The Morgan fingerprint density at radius 2 is 2.29 bits per heavy atom. The SMILES string of the molecule is Cc1cc(C(=O)Nc2c(O)cccc2F)on1. The van der Waals surface area contributed by atoms with Gasteiger partial charge in [-0.25, -0.2) is 4.39 Å². The third-order valence-corrected chi connectivity index (χ3v) is 2.08. The molecule has 0 radical (unpaired) electrons. The predicted octanol–water partition coefficient (Wildman–Crippen LogP) is 2.08. The number of carbonyl (C=O) groups excluding carboxylic acids is 1. The van der Waals surface area contributed by atoms with E-state index < -0.39 is 11.7 Å². The smallest absolute Gasteiger partial charge is 0.294 e. The summed E-state index contributed by atoms with van der Waals surface area (Å²) in [5.74, 6) is -1.81. The zero-order valence-corrected chi connectivity index (χ0v) is 8.90. The zero-order valence-electron chi connectivity index (χ0n) is 8.90. The highest BCUT2D eigenvalue weighted by molar-refractivity contribution is 6.03. The number of aromatic hydroxyl groups is 1. The number of benzene rings is 1. The number of nitrogens with one attached hydrogen (secondary N) is 1. The van der Waals surface area contributed by atoms with Gasteiger partial charge in [0, 0.05) is 6.07 Å². The van der Waals surface area contributed by atoms with Crippen molar-refractivity contribution >= 4 is 11.6 Å². The molecule has 6 heteroatoms. The van der Waals surface area contributed by atoms with E-state index in [9.17, 15) is 14.3 Å². The first-order valence-electron chi connectivity index (χ1n) is 4.80. The third-order valence-electron chi connectivity index (χ3n) is 2.08. The van der Waals surface area contributed by atoms with Gasteiger partial charge >= 0.3 is 0 Å². The lowest BCUT2D eigenvalue weighted by atomic mass is 10.2. The van der Waals surface area contributed by atoms with Crippen LogP contribution in [0.5, 0.6) is 5.75 Å². The Morgan fingerprint density at radius 3 is 2.88 bits per heavy atom. The fourth-order valence-corrected chi connectivity index (χ4v) is 1.28. The summed E-state index contributed by atoms with van der Waals surface area (Å²) in [6, 6.07) is 5.14. The number of hydrogen-bond donors (Lipinski definition) is 2. The molecule has 88 valence electrons. The molecule has 17 heavy (non-hydrogen) atoms. The largest absolute Gasteiger partial charge is 0.506 e. The van der Waals surface area contributed by atoms with Crippen LogP contribution in [-0.2, 0) is 0 Å². The van der Waals surface area contributed by atoms with E-state index in [1.54, 1.807) is 6.92 Å². The lowest BCUT2D eigenvalue weighted by Crippen LogP contribution is -2.12. The van der Waals surface area contributed by atoms with E-state index in [1.807, 2.05) is 0 Å². The van der Waals surface area contributed by atoms with Gasteiger partial charge in [0.2, 0.25) is 5.76 Å². The van der Waals surface area contributed by atoms with Crippen LogP contribution in [0.4, 0.5) is 10.1 Å². The first-order valence-corrected chi connectivity index (χ1v) is 4.80. The average Bonchev–Trinajstić information content (AvgIpc) is 2.70. The number of halogens is 1. The van der Waals surface area contributed by atoms with Crippen molar-refractivity contribution in [3.8, 4) is 5.75 Å². The number of aryl methyl sites for hydroxylation is 1. The Morgan fingerprint density at radius 1 is 1.53 bits per heavy atom. The molecule has 0 saturated heterocycles. The number of phenols is 1. The summed E-state index contributed by atoms with van der Waals surface area (Å²) in [6.07, 6.45) is 0. The minimum atomic E-state index is -0.727. The normalized spacial score (nSPS) is 10.2. The number of rotatable bonds is 2. The van der Waals surface area contributed by atoms with Crippen LogP contribution < -0.4 is 5.32 Å². The molecular weight excluding hydrogens is 227 g/mol. The van der Waals surface area contributed by atoms with Gasteiger partial charge in [0.25, 0.3) is 5.91 Å². The molecular formula is C11H9FN2O3. The maximum absolute atomic E-state index is 13.3. The van der Waals surface area contributed by atoms with Crippen molar-refractivity contribution in [1.82, 2.24) is 5.16 Å². The molecule has 1 aromatic heterocycles. The van der Waals surface area contributed by atoms with Crippen LogP contribution in [0.3, 0.4) is 0 Å². The second-order valence-electron chi connectivity index (χ2n) is 3.42. The topological polar surface area (TPSA) is 75.4 Å². The summed E-state index contributed by atoms with van der Waals surface area (Å²) in [7, 11) is 0. The summed E-state index contributed by atoms with van der Waals surface area (Å²) in [4.78, 5) is 11.6. The summed E-state index contributed by atoms with van der Waals surface area (Å²) in [5, 5.41) is 15.1. The maximum atomic E-state index is 13.3. The van der Waals surface area contributed by atoms with Gasteiger partial charge in [-0.1, -0.05) is 11.2 Å². The number of nitrogens with zero attached hydrogens (tertiary/aromatic N) is 1. The summed E-state index contributed by atoms with van der Waals surface area (Å²) >= 11 is 0. The first-order chi connectivity index (χ1) is 8.08. The Hall–Kier alpha value is -2.37. The van der Waals surface area contributed by atoms with Crippen molar-refractivity contribution in [3.05, 3.63) is 41.5 Å². The van der Waals surface area contributed by atoms with Crippen LogP contribution in [0.1, 0.15) is 16.2 Å². The molecule has 1 amide bonds. The molecule has 0 unspecified atom stereocenters. The molecule has 2 N–H and O–H groups in total.